The predicted octanol–water partition coefficient (Wildman–Crippen LogP) is 5.78. The van der Waals surface area contributed by atoms with Crippen molar-refractivity contribution >= 4 is 73.8 Å². The second-order valence-electron chi connectivity index (χ2n) is 7.44. The van der Waals surface area contributed by atoms with E-state index >= 15 is 0 Å². The summed E-state index contributed by atoms with van der Waals surface area (Å²) in [5.74, 6) is 0.0157. The van der Waals surface area contributed by atoms with Gasteiger partial charge in [-0.3, -0.25) is 14.4 Å². The van der Waals surface area contributed by atoms with Crippen LogP contribution in [0.3, 0.4) is 0 Å². The molecule has 0 unspecified atom stereocenters. The molecule has 0 aliphatic heterocycles. The minimum atomic E-state index is -0.401. The average molecular weight is 659 g/mol. The minimum Gasteiger partial charge on any atom is -0.460 e. The van der Waals surface area contributed by atoms with E-state index in [1.54, 1.807) is 18.2 Å². The lowest BCUT2D eigenvalue weighted by Crippen LogP contribution is -2.10. The van der Waals surface area contributed by atoms with Crippen molar-refractivity contribution in [3.8, 4) is 5.75 Å². The number of nitrogens with two attached hydrogens (primary N) is 1. The van der Waals surface area contributed by atoms with E-state index in [9.17, 15) is 14.4 Å². The zero-order valence-electron chi connectivity index (χ0n) is 17.6. The topological polar surface area (TPSA) is 99.6 Å². The van der Waals surface area contributed by atoms with Crippen LogP contribution in [0.1, 0.15) is 60.7 Å². The highest BCUT2D eigenvalue weighted by Gasteiger charge is 2.23. The van der Waals surface area contributed by atoms with Gasteiger partial charge in [0.2, 0.25) is 5.91 Å². The number of unbranched alkanes of at least 4 members (excludes halogenated alkanes) is 1. The Hall–Kier alpha value is -1.95. The lowest BCUT2D eigenvalue weighted by atomic mass is 9.98. The van der Waals surface area contributed by atoms with Gasteiger partial charge in [-0.05, 0) is 88.4 Å². The maximum Gasteiger partial charge on any atom is 0.311 e. The molecule has 2 aromatic carbocycles. The van der Waals surface area contributed by atoms with Crippen LogP contribution < -0.4 is 10.5 Å². The smallest absolute Gasteiger partial charge is 0.311 e. The van der Waals surface area contributed by atoms with Gasteiger partial charge < -0.3 is 14.9 Å². The molecule has 1 amide bonds. The highest BCUT2D eigenvalue weighted by Crippen LogP contribution is 2.32. The van der Waals surface area contributed by atoms with Crippen molar-refractivity contribution < 1.29 is 23.5 Å². The monoisotopic (exact) mass is 659 g/mol. The molecule has 8 heteroatoms. The quantitative estimate of drug-likeness (QED) is 0.129. The van der Waals surface area contributed by atoms with Gasteiger partial charge in [-0.15, -0.1) is 0 Å². The molecule has 1 heterocycles. The number of amides is 1. The number of carbonyl (C=O) groups is 3. The number of ketones is 1. The summed E-state index contributed by atoms with van der Waals surface area (Å²) < 4.78 is 13.4. The number of benzene rings is 2. The van der Waals surface area contributed by atoms with Gasteiger partial charge in [-0.25, -0.2) is 0 Å². The van der Waals surface area contributed by atoms with E-state index in [0.717, 1.165) is 20.0 Å². The second-order valence-corrected chi connectivity index (χ2v) is 9.93. The molecule has 0 spiro atoms. The fraction of sp³-hybridized carbons (Fsp3) is 0.292. The first-order valence-corrected chi connectivity index (χ1v) is 12.5. The normalized spacial score (nSPS) is 11.0. The van der Waals surface area contributed by atoms with Crippen LogP contribution in [0.25, 0.3) is 11.0 Å². The zero-order chi connectivity index (χ0) is 23.3. The van der Waals surface area contributed by atoms with Crippen LogP contribution in [0, 0.1) is 7.14 Å². The van der Waals surface area contributed by atoms with Crippen molar-refractivity contribution in [3.63, 3.8) is 0 Å². The molecule has 0 atom stereocenters. The fourth-order valence-corrected chi connectivity index (χ4v) is 5.31. The molecule has 0 saturated heterocycles. The molecule has 3 rings (SSSR count). The highest BCUT2D eigenvalue weighted by atomic mass is 127. The minimum absolute atomic E-state index is 0.151. The van der Waals surface area contributed by atoms with Crippen LogP contribution in [0.15, 0.2) is 40.8 Å². The molecule has 0 bridgehead atoms. The molecule has 32 heavy (non-hydrogen) atoms. The number of halogens is 2. The number of primary amides is 1. The van der Waals surface area contributed by atoms with E-state index in [2.05, 4.69) is 45.2 Å². The van der Waals surface area contributed by atoms with E-state index < -0.39 is 5.91 Å². The van der Waals surface area contributed by atoms with Gasteiger partial charge in [-0.2, -0.15) is 0 Å². The van der Waals surface area contributed by atoms with Crippen LogP contribution in [-0.2, 0) is 16.0 Å². The third-order valence-corrected chi connectivity index (χ3v) is 6.13. The Balaban J connectivity index is 2.00. The van der Waals surface area contributed by atoms with E-state index in [1.165, 1.54) is 0 Å². The Morgan fingerprint density at radius 2 is 1.72 bits per heavy atom. The van der Waals surface area contributed by atoms with Crippen molar-refractivity contribution in [3.05, 3.63) is 60.4 Å². The lowest BCUT2D eigenvalue weighted by Gasteiger charge is -2.05. The summed E-state index contributed by atoms with van der Waals surface area (Å²) in [6, 6.07) is 10.7. The third kappa shape index (κ3) is 6.31. The number of ether oxygens (including phenoxy) is 1. The maximum absolute atomic E-state index is 13.5. The van der Waals surface area contributed by atoms with Gasteiger partial charge in [-0.1, -0.05) is 13.3 Å². The summed E-state index contributed by atoms with van der Waals surface area (Å²) in [5, 5.41) is 0.645. The first kappa shape index (κ1) is 24.7. The van der Waals surface area contributed by atoms with Gasteiger partial charge in [0.25, 0.3) is 0 Å². The molecule has 6 nitrogen and oxygen atoms in total. The second kappa shape index (κ2) is 11.3. The summed E-state index contributed by atoms with van der Waals surface area (Å²) in [6.07, 6.45) is 3.08. The van der Waals surface area contributed by atoms with Crippen LogP contribution in [0.2, 0.25) is 0 Å². The SMILES string of the molecule is CCCCC(=O)Oc1ccc2c(C(=O)c3cc(I)cc(I)c3)c(CCCC(N)=O)oc2c1. The number of carbonyl (C=O) groups excluding carboxylic acids is 3. The zero-order valence-corrected chi connectivity index (χ0v) is 21.9. The van der Waals surface area contributed by atoms with Crippen molar-refractivity contribution in [2.24, 2.45) is 5.73 Å². The van der Waals surface area contributed by atoms with E-state index in [-0.39, 0.29) is 18.2 Å². The first-order valence-electron chi connectivity index (χ1n) is 10.3. The molecule has 0 aliphatic rings. The summed E-state index contributed by atoms with van der Waals surface area (Å²) in [6.45, 7) is 2.01. The number of aryl methyl sites for hydroxylation is 1. The summed E-state index contributed by atoms with van der Waals surface area (Å²) in [4.78, 5) is 36.6. The molecule has 1 aromatic heterocycles. The number of fused-ring (bicyclic) bond motifs is 1. The number of furan rings is 1. The first-order chi connectivity index (χ1) is 15.3. The van der Waals surface area contributed by atoms with E-state index in [4.69, 9.17) is 14.9 Å². The number of hydrogen-bond acceptors (Lipinski definition) is 5. The molecule has 0 saturated carbocycles. The average Bonchev–Trinajstić information content (AvgIpc) is 3.08. The largest absolute Gasteiger partial charge is 0.460 e. The summed E-state index contributed by atoms with van der Waals surface area (Å²) >= 11 is 4.37. The molecule has 0 radical (unpaired) electrons. The lowest BCUT2D eigenvalue weighted by molar-refractivity contribution is -0.134. The van der Waals surface area contributed by atoms with Crippen LogP contribution in [0.5, 0.6) is 5.75 Å². The Labute approximate surface area is 213 Å². The third-order valence-electron chi connectivity index (χ3n) is 4.88. The van der Waals surface area contributed by atoms with Crippen molar-refractivity contribution in [2.45, 2.75) is 45.4 Å². The molecule has 0 fully saturated rings. The predicted molar refractivity (Wildman–Crippen MR) is 139 cm³/mol. The Morgan fingerprint density at radius 3 is 2.38 bits per heavy atom. The van der Waals surface area contributed by atoms with Gasteiger partial charge in [0, 0.05) is 43.4 Å². The summed E-state index contributed by atoms with van der Waals surface area (Å²) in [5.41, 5.74) is 6.76. The van der Waals surface area contributed by atoms with Crippen LogP contribution in [0.4, 0.5) is 0 Å². The standard InChI is InChI=1S/C24H23I2NO5/c1-2-3-7-22(29)31-17-8-9-18-20(13-17)32-19(5-4-6-21(27)28)23(18)24(30)14-10-15(25)12-16(26)11-14/h8-13H,2-7H2,1H3,(H2,27,28). The molecule has 2 N–H and O–H groups in total. The van der Waals surface area contributed by atoms with Gasteiger partial charge in [0.15, 0.2) is 5.78 Å². The van der Waals surface area contributed by atoms with Crippen molar-refractivity contribution in [2.75, 3.05) is 0 Å². The fourth-order valence-electron chi connectivity index (χ4n) is 3.37. The molecular weight excluding hydrogens is 636 g/mol. The number of esters is 1. The van der Waals surface area contributed by atoms with E-state index in [1.807, 2.05) is 25.1 Å². The van der Waals surface area contributed by atoms with Gasteiger partial charge in [0.05, 0.1) is 5.56 Å². The summed E-state index contributed by atoms with van der Waals surface area (Å²) in [7, 11) is 0. The molecular formula is C24H23I2NO5. The molecule has 168 valence electrons. The highest BCUT2D eigenvalue weighted by molar-refractivity contribution is 14.1. The van der Waals surface area contributed by atoms with E-state index in [0.29, 0.717) is 52.9 Å². The molecule has 3 aromatic rings. The van der Waals surface area contributed by atoms with Gasteiger partial charge >= 0.3 is 5.97 Å². The number of hydrogen-bond donors (Lipinski definition) is 1. The Bertz CT molecular complexity index is 1150. The number of rotatable bonds is 10. The van der Waals surface area contributed by atoms with Gasteiger partial charge in [0.1, 0.15) is 17.1 Å². The van der Waals surface area contributed by atoms with Crippen LogP contribution in [-0.4, -0.2) is 17.7 Å². The maximum atomic E-state index is 13.5. The Morgan fingerprint density at radius 1 is 1.00 bits per heavy atom. The van der Waals surface area contributed by atoms with Crippen LogP contribution >= 0.6 is 45.2 Å². The Kier molecular flexibility index (Phi) is 8.69. The van der Waals surface area contributed by atoms with Crippen molar-refractivity contribution in [1.29, 1.82) is 0 Å². The van der Waals surface area contributed by atoms with Crippen molar-refractivity contribution in [1.82, 2.24) is 0 Å². The molecule has 0 aliphatic carbocycles.